The van der Waals surface area contributed by atoms with Crippen LogP contribution in [0.25, 0.3) is 0 Å². The summed E-state index contributed by atoms with van der Waals surface area (Å²) in [6.45, 7) is 1.98. The first-order valence-corrected chi connectivity index (χ1v) is 3.66. The normalized spacial score (nSPS) is 26.6. The number of carbonyl (C=O) groups excluding carboxylic acids is 1. The molecule has 1 aliphatic rings. The van der Waals surface area contributed by atoms with Crippen molar-refractivity contribution in [1.29, 1.82) is 0 Å². The Kier molecular flexibility index (Phi) is 1.75. The second-order valence-electron chi connectivity index (χ2n) is 1.82. The van der Waals surface area contributed by atoms with Crippen molar-refractivity contribution in [2.24, 2.45) is 10.7 Å². The molecule has 0 aromatic carbocycles. The highest BCUT2D eigenvalue weighted by Gasteiger charge is 2.23. The Morgan fingerprint density at radius 2 is 2.56 bits per heavy atom. The summed E-state index contributed by atoms with van der Waals surface area (Å²) in [5, 5.41) is -0.0168. The molecular weight excluding hydrogens is 136 g/mol. The predicted molar refractivity (Wildman–Crippen MR) is 38.7 cm³/mol. The first-order valence-electron chi connectivity index (χ1n) is 2.78. The van der Waals surface area contributed by atoms with Gasteiger partial charge in [0, 0.05) is 0 Å². The van der Waals surface area contributed by atoms with Gasteiger partial charge in [0.25, 0.3) is 0 Å². The number of hydrogen-bond donors (Lipinski definition) is 1. The number of aliphatic imine (C=N–C) groups is 1. The van der Waals surface area contributed by atoms with Crippen LogP contribution < -0.4 is 5.73 Å². The lowest BCUT2D eigenvalue weighted by Crippen LogP contribution is -2.21. The van der Waals surface area contributed by atoms with Gasteiger partial charge in [0.05, 0.1) is 5.25 Å². The van der Waals surface area contributed by atoms with Crippen molar-refractivity contribution in [2.45, 2.75) is 18.6 Å². The van der Waals surface area contributed by atoms with Crippen LogP contribution >= 0.6 is 11.8 Å². The van der Waals surface area contributed by atoms with E-state index in [2.05, 4.69) is 4.99 Å². The molecular formula is C5H8N2OS. The third kappa shape index (κ3) is 1.24. The van der Waals surface area contributed by atoms with Gasteiger partial charge in [-0.2, -0.15) is 4.99 Å². The molecule has 4 heteroatoms. The zero-order valence-electron chi connectivity index (χ0n) is 5.13. The number of hydrogen-bond acceptors (Lipinski definition) is 3. The number of amides is 1. The van der Waals surface area contributed by atoms with E-state index in [0.29, 0.717) is 5.84 Å². The third-order valence-electron chi connectivity index (χ3n) is 1.16. The standard InChI is InChI=1S/C5H8N2OS/c1-2-3-4(6)7-5(8)9-3/h3H,2H2,1H3,(H2,6,7,8). The zero-order chi connectivity index (χ0) is 6.85. The van der Waals surface area contributed by atoms with Gasteiger partial charge in [0.1, 0.15) is 5.84 Å². The molecule has 1 unspecified atom stereocenters. The summed E-state index contributed by atoms with van der Waals surface area (Å²) in [4.78, 5) is 14.1. The molecule has 2 N–H and O–H groups in total. The average Bonchev–Trinajstić information content (AvgIpc) is 2.10. The minimum atomic E-state index is -0.153. The molecule has 1 amide bonds. The average molecular weight is 144 g/mol. The second kappa shape index (κ2) is 2.39. The van der Waals surface area contributed by atoms with Gasteiger partial charge >= 0.3 is 5.24 Å². The molecule has 1 heterocycles. The van der Waals surface area contributed by atoms with Crippen LogP contribution in [0.4, 0.5) is 4.79 Å². The summed E-state index contributed by atoms with van der Waals surface area (Å²) in [5.74, 6) is 0.479. The van der Waals surface area contributed by atoms with Crippen LogP contribution in [-0.2, 0) is 0 Å². The van der Waals surface area contributed by atoms with E-state index >= 15 is 0 Å². The topological polar surface area (TPSA) is 55.5 Å². The Labute approximate surface area is 57.7 Å². The number of nitrogens with two attached hydrogens (primary N) is 1. The molecule has 0 saturated heterocycles. The highest BCUT2D eigenvalue weighted by molar-refractivity contribution is 8.15. The van der Waals surface area contributed by atoms with Crippen LogP contribution in [-0.4, -0.2) is 16.3 Å². The lowest BCUT2D eigenvalue weighted by atomic mass is 10.3. The van der Waals surface area contributed by atoms with E-state index in [1.165, 1.54) is 11.8 Å². The Morgan fingerprint density at radius 1 is 1.89 bits per heavy atom. The van der Waals surface area contributed by atoms with Crippen molar-refractivity contribution in [3.63, 3.8) is 0 Å². The van der Waals surface area contributed by atoms with E-state index in [4.69, 9.17) is 5.73 Å². The molecule has 0 saturated carbocycles. The summed E-state index contributed by atoms with van der Waals surface area (Å²) >= 11 is 1.21. The summed E-state index contributed by atoms with van der Waals surface area (Å²) in [6.07, 6.45) is 0.881. The maximum Gasteiger partial charge on any atom is 0.307 e. The van der Waals surface area contributed by atoms with Crippen LogP contribution in [0.1, 0.15) is 13.3 Å². The van der Waals surface area contributed by atoms with E-state index < -0.39 is 0 Å². The molecule has 1 aliphatic heterocycles. The van der Waals surface area contributed by atoms with Crippen molar-refractivity contribution in [1.82, 2.24) is 0 Å². The van der Waals surface area contributed by atoms with Gasteiger partial charge < -0.3 is 5.73 Å². The van der Waals surface area contributed by atoms with Gasteiger partial charge in [-0.1, -0.05) is 18.7 Å². The number of amidine groups is 1. The number of rotatable bonds is 1. The van der Waals surface area contributed by atoms with Crippen molar-refractivity contribution < 1.29 is 4.79 Å². The molecule has 0 radical (unpaired) electrons. The van der Waals surface area contributed by atoms with Crippen molar-refractivity contribution in [2.75, 3.05) is 0 Å². The molecule has 3 nitrogen and oxygen atoms in total. The Hall–Kier alpha value is -0.510. The van der Waals surface area contributed by atoms with Gasteiger partial charge in [-0.05, 0) is 6.42 Å². The Bertz CT molecular complexity index is 166. The van der Waals surface area contributed by atoms with Crippen LogP contribution in [0.2, 0.25) is 0 Å². The van der Waals surface area contributed by atoms with E-state index in [-0.39, 0.29) is 10.5 Å². The van der Waals surface area contributed by atoms with Gasteiger partial charge in [-0.15, -0.1) is 0 Å². The van der Waals surface area contributed by atoms with Crippen LogP contribution in [0.15, 0.2) is 4.99 Å². The minimum absolute atomic E-state index is 0.137. The number of nitrogens with zero attached hydrogens (tertiary/aromatic N) is 1. The lowest BCUT2D eigenvalue weighted by molar-refractivity contribution is 0.268. The van der Waals surface area contributed by atoms with Gasteiger partial charge in [-0.25, -0.2) is 0 Å². The largest absolute Gasteiger partial charge is 0.386 e. The van der Waals surface area contributed by atoms with E-state index in [0.717, 1.165) is 6.42 Å². The molecule has 1 atom stereocenters. The first-order chi connectivity index (χ1) is 4.24. The minimum Gasteiger partial charge on any atom is -0.386 e. The zero-order valence-corrected chi connectivity index (χ0v) is 5.94. The number of thioether (sulfide) groups is 1. The fourth-order valence-electron chi connectivity index (χ4n) is 0.678. The van der Waals surface area contributed by atoms with Crippen LogP contribution in [0.3, 0.4) is 0 Å². The lowest BCUT2D eigenvalue weighted by Gasteiger charge is -2.00. The van der Waals surface area contributed by atoms with Crippen molar-refractivity contribution in [3.8, 4) is 0 Å². The summed E-state index contributed by atoms with van der Waals surface area (Å²) in [5.41, 5.74) is 5.39. The van der Waals surface area contributed by atoms with Gasteiger partial charge in [0.15, 0.2) is 0 Å². The summed E-state index contributed by atoms with van der Waals surface area (Å²) in [7, 11) is 0. The quantitative estimate of drug-likeness (QED) is 0.597. The SMILES string of the molecule is CCC1SC(=O)N=C1N. The van der Waals surface area contributed by atoms with E-state index in [1.807, 2.05) is 6.92 Å². The third-order valence-corrected chi connectivity index (χ3v) is 2.32. The maximum absolute atomic E-state index is 10.5. The first kappa shape index (κ1) is 6.61. The molecule has 0 fully saturated rings. The predicted octanol–water partition coefficient (Wildman–Crippen LogP) is 0.989. The fourth-order valence-corrected chi connectivity index (χ4v) is 1.42. The highest BCUT2D eigenvalue weighted by Crippen LogP contribution is 2.22. The van der Waals surface area contributed by atoms with Gasteiger partial charge in [0.2, 0.25) is 0 Å². The molecule has 9 heavy (non-hydrogen) atoms. The van der Waals surface area contributed by atoms with Crippen LogP contribution in [0, 0.1) is 0 Å². The van der Waals surface area contributed by atoms with Gasteiger partial charge in [-0.3, -0.25) is 4.79 Å². The van der Waals surface area contributed by atoms with E-state index in [1.54, 1.807) is 0 Å². The summed E-state index contributed by atoms with van der Waals surface area (Å²) in [6, 6.07) is 0. The molecule has 0 bridgehead atoms. The van der Waals surface area contributed by atoms with E-state index in [9.17, 15) is 4.79 Å². The second-order valence-corrected chi connectivity index (χ2v) is 2.97. The highest BCUT2D eigenvalue weighted by atomic mass is 32.2. The Morgan fingerprint density at radius 3 is 2.78 bits per heavy atom. The molecule has 50 valence electrons. The number of carbonyl (C=O) groups is 1. The fraction of sp³-hybridized carbons (Fsp3) is 0.600. The van der Waals surface area contributed by atoms with Crippen molar-refractivity contribution in [3.05, 3.63) is 0 Å². The Balaban J connectivity index is 2.64. The van der Waals surface area contributed by atoms with Crippen LogP contribution in [0.5, 0.6) is 0 Å². The maximum atomic E-state index is 10.5. The molecule has 0 aromatic heterocycles. The molecule has 1 rings (SSSR count). The van der Waals surface area contributed by atoms with Crippen molar-refractivity contribution >= 4 is 22.8 Å². The molecule has 0 aliphatic carbocycles. The summed E-state index contributed by atoms with van der Waals surface area (Å²) < 4.78 is 0. The molecule has 0 spiro atoms. The smallest absolute Gasteiger partial charge is 0.307 e. The molecule has 0 aromatic rings. The monoisotopic (exact) mass is 144 g/mol.